The molecule has 70 valence electrons. The smallest absolute Gasteiger partial charge is 0.0320 e. The van der Waals surface area contributed by atoms with Crippen molar-refractivity contribution in [1.82, 2.24) is 0 Å². The first kappa shape index (κ1) is 9.83. The van der Waals surface area contributed by atoms with Crippen molar-refractivity contribution in [3.63, 3.8) is 0 Å². The number of rotatable bonds is 5. The Morgan fingerprint density at radius 1 is 1.08 bits per heavy atom. The van der Waals surface area contributed by atoms with Crippen LogP contribution >= 0.6 is 0 Å². The highest BCUT2D eigenvalue weighted by Gasteiger charge is 2.04. The molecule has 0 unspecified atom stereocenters. The van der Waals surface area contributed by atoms with Gasteiger partial charge in [-0.1, -0.05) is 37.8 Å². The van der Waals surface area contributed by atoms with E-state index in [0.29, 0.717) is 0 Å². The molecule has 0 aliphatic heterocycles. The van der Waals surface area contributed by atoms with Gasteiger partial charge in [0.2, 0.25) is 0 Å². The lowest BCUT2D eigenvalue weighted by Gasteiger charge is -1.97. The van der Waals surface area contributed by atoms with Crippen molar-refractivity contribution in [2.75, 3.05) is 0 Å². The second kappa shape index (κ2) is 6.28. The molecule has 0 radical (unpaired) electrons. The molecule has 0 bridgehead atoms. The van der Waals surface area contributed by atoms with Crippen LogP contribution in [-0.2, 0) is 0 Å². The summed E-state index contributed by atoms with van der Waals surface area (Å²) in [6, 6.07) is 0. The number of allylic oxidation sites excluding steroid dienone is 2. The Bertz CT molecular complexity index is 125. The maximum Gasteiger partial charge on any atom is -0.0320 e. The van der Waals surface area contributed by atoms with Crippen LogP contribution in [0.25, 0.3) is 0 Å². The average Bonchev–Trinajstić information content (AvgIpc) is 2.57. The molecule has 0 amide bonds. The fraction of sp³-hybridized carbons (Fsp3) is 0.833. The van der Waals surface area contributed by atoms with E-state index in [-0.39, 0.29) is 0 Å². The van der Waals surface area contributed by atoms with Gasteiger partial charge in [0.15, 0.2) is 0 Å². The Kier molecular flexibility index (Phi) is 5.14. The zero-order chi connectivity index (χ0) is 8.65. The summed E-state index contributed by atoms with van der Waals surface area (Å²) in [4.78, 5) is 0. The van der Waals surface area contributed by atoms with Gasteiger partial charge in [0.05, 0.1) is 0 Å². The van der Waals surface area contributed by atoms with Crippen molar-refractivity contribution in [2.45, 2.75) is 64.7 Å². The summed E-state index contributed by atoms with van der Waals surface area (Å²) < 4.78 is 0. The van der Waals surface area contributed by atoms with Crippen LogP contribution < -0.4 is 0 Å². The minimum atomic E-state index is 1.34. The summed E-state index contributed by atoms with van der Waals surface area (Å²) >= 11 is 0. The second-order valence-electron chi connectivity index (χ2n) is 3.92. The molecule has 1 aliphatic carbocycles. The summed E-state index contributed by atoms with van der Waals surface area (Å²) in [5.74, 6) is 0. The molecule has 0 aromatic carbocycles. The lowest BCUT2D eigenvalue weighted by Crippen LogP contribution is -1.76. The minimum Gasteiger partial charge on any atom is -0.0853 e. The van der Waals surface area contributed by atoms with Crippen LogP contribution in [0.1, 0.15) is 64.7 Å². The van der Waals surface area contributed by atoms with Crippen molar-refractivity contribution in [2.24, 2.45) is 0 Å². The average molecular weight is 166 g/mol. The summed E-state index contributed by atoms with van der Waals surface area (Å²) in [6.45, 7) is 2.27. The third-order valence-electron chi connectivity index (χ3n) is 2.74. The van der Waals surface area contributed by atoms with E-state index in [0.717, 1.165) is 0 Å². The quantitative estimate of drug-likeness (QED) is 0.418. The molecule has 0 N–H and O–H groups in total. The molecular formula is C12H22. The van der Waals surface area contributed by atoms with E-state index in [1.165, 1.54) is 57.8 Å². The van der Waals surface area contributed by atoms with E-state index in [4.69, 9.17) is 0 Å². The summed E-state index contributed by atoms with van der Waals surface area (Å²) in [6.07, 6.45) is 15.2. The van der Waals surface area contributed by atoms with Gasteiger partial charge in [-0.3, -0.25) is 0 Å². The van der Waals surface area contributed by atoms with Crippen LogP contribution in [0.15, 0.2) is 11.6 Å². The van der Waals surface area contributed by atoms with Crippen molar-refractivity contribution in [3.8, 4) is 0 Å². The number of unbranched alkanes of at least 4 members (excludes halogenated alkanes) is 4. The molecule has 0 atom stereocenters. The fourth-order valence-electron chi connectivity index (χ4n) is 1.91. The molecule has 0 saturated heterocycles. The molecule has 1 fully saturated rings. The van der Waals surface area contributed by atoms with E-state index < -0.39 is 0 Å². The van der Waals surface area contributed by atoms with Crippen molar-refractivity contribution in [3.05, 3.63) is 11.6 Å². The monoisotopic (exact) mass is 166 g/mol. The van der Waals surface area contributed by atoms with Gasteiger partial charge in [-0.15, -0.1) is 0 Å². The zero-order valence-electron chi connectivity index (χ0n) is 8.44. The lowest BCUT2D eigenvalue weighted by atomic mass is 10.1. The third-order valence-corrected chi connectivity index (χ3v) is 2.74. The highest BCUT2D eigenvalue weighted by molar-refractivity contribution is 5.05. The van der Waals surface area contributed by atoms with Gasteiger partial charge < -0.3 is 0 Å². The SMILES string of the molecule is CCCCCCC=C1CCCC1. The molecule has 0 heteroatoms. The van der Waals surface area contributed by atoms with E-state index >= 15 is 0 Å². The van der Waals surface area contributed by atoms with E-state index in [9.17, 15) is 0 Å². The number of hydrogen-bond donors (Lipinski definition) is 0. The first-order valence-corrected chi connectivity index (χ1v) is 5.61. The van der Waals surface area contributed by atoms with Gasteiger partial charge in [0, 0.05) is 0 Å². The van der Waals surface area contributed by atoms with Gasteiger partial charge in [-0.2, -0.15) is 0 Å². The van der Waals surface area contributed by atoms with Gasteiger partial charge in [0.25, 0.3) is 0 Å². The first-order chi connectivity index (χ1) is 5.93. The summed E-state index contributed by atoms with van der Waals surface area (Å²) in [7, 11) is 0. The van der Waals surface area contributed by atoms with E-state index in [2.05, 4.69) is 13.0 Å². The molecule has 12 heavy (non-hydrogen) atoms. The predicted molar refractivity (Wildman–Crippen MR) is 55.3 cm³/mol. The maximum atomic E-state index is 2.50. The van der Waals surface area contributed by atoms with Gasteiger partial charge in [-0.05, 0) is 38.5 Å². The molecule has 1 rings (SSSR count). The highest BCUT2D eigenvalue weighted by Crippen LogP contribution is 2.24. The highest BCUT2D eigenvalue weighted by atomic mass is 14.1. The van der Waals surface area contributed by atoms with Crippen molar-refractivity contribution < 1.29 is 0 Å². The Balaban J connectivity index is 1.96. The maximum absolute atomic E-state index is 2.50. The van der Waals surface area contributed by atoms with Crippen LogP contribution in [0, 0.1) is 0 Å². The first-order valence-electron chi connectivity index (χ1n) is 5.61. The standard InChI is InChI=1S/C12H22/c1-2-3-4-5-6-9-12-10-7-8-11-12/h9H,2-8,10-11H2,1H3. The summed E-state index contributed by atoms with van der Waals surface area (Å²) in [5.41, 5.74) is 1.74. The summed E-state index contributed by atoms with van der Waals surface area (Å²) in [5, 5.41) is 0. The normalized spacial score (nSPS) is 16.9. The molecule has 0 nitrogen and oxygen atoms in total. The molecular weight excluding hydrogens is 144 g/mol. The number of hydrogen-bond acceptors (Lipinski definition) is 0. The predicted octanol–water partition coefficient (Wildman–Crippen LogP) is 4.46. The third kappa shape index (κ3) is 3.94. The fourth-order valence-corrected chi connectivity index (χ4v) is 1.91. The Labute approximate surface area is 77.1 Å². The van der Waals surface area contributed by atoms with Crippen molar-refractivity contribution in [1.29, 1.82) is 0 Å². The lowest BCUT2D eigenvalue weighted by molar-refractivity contribution is 0.672. The van der Waals surface area contributed by atoms with Crippen LogP contribution in [0.4, 0.5) is 0 Å². The molecule has 1 aliphatic rings. The van der Waals surface area contributed by atoms with E-state index in [1.54, 1.807) is 5.57 Å². The Hall–Kier alpha value is -0.260. The second-order valence-corrected chi connectivity index (χ2v) is 3.92. The van der Waals surface area contributed by atoms with Crippen LogP contribution in [-0.4, -0.2) is 0 Å². The van der Waals surface area contributed by atoms with Gasteiger partial charge in [-0.25, -0.2) is 0 Å². The van der Waals surface area contributed by atoms with Crippen LogP contribution in [0.2, 0.25) is 0 Å². The van der Waals surface area contributed by atoms with E-state index in [1.807, 2.05) is 0 Å². The molecule has 0 spiro atoms. The largest absolute Gasteiger partial charge is 0.0853 e. The topological polar surface area (TPSA) is 0 Å². The van der Waals surface area contributed by atoms with Crippen LogP contribution in [0.3, 0.4) is 0 Å². The van der Waals surface area contributed by atoms with Gasteiger partial charge in [0.1, 0.15) is 0 Å². The Morgan fingerprint density at radius 2 is 1.83 bits per heavy atom. The minimum absolute atomic E-state index is 1.34. The van der Waals surface area contributed by atoms with Crippen molar-refractivity contribution >= 4 is 0 Å². The molecule has 0 aromatic heterocycles. The molecule has 1 saturated carbocycles. The van der Waals surface area contributed by atoms with Gasteiger partial charge >= 0.3 is 0 Å². The van der Waals surface area contributed by atoms with Crippen LogP contribution in [0.5, 0.6) is 0 Å². The molecule has 0 heterocycles. The zero-order valence-corrected chi connectivity index (χ0v) is 8.44. The molecule has 0 aromatic rings. The Morgan fingerprint density at radius 3 is 2.50 bits per heavy atom.